The molecule has 27 heavy (non-hydrogen) atoms. The molecule has 0 spiro atoms. The smallest absolute Gasteiger partial charge is 0.271 e. The fourth-order valence-corrected chi connectivity index (χ4v) is 3.16. The zero-order chi connectivity index (χ0) is 19.1. The van der Waals surface area contributed by atoms with Gasteiger partial charge in [-0.25, -0.2) is 0 Å². The molecular formula is C21H29N5O. The minimum absolute atomic E-state index is 0.151. The summed E-state index contributed by atoms with van der Waals surface area (Å²) in [6, 6.07) is 14.2. The van der Waals surface area contributed by atoms with Crippen LogP contribution in [-0.4, -0.2) is 53.7 Å². The normalized spacial score (nSPS) is 15.1. The molecule has 1 aliphatic heterocycles. The number of benzene rings is 1. The van der Waals surface area contributed by atoms with Crippen molar-refractivity contribution in [3.05, 3.63) is 53.7 Å². The van der Waals surface area contributed by atoms with Crippen LogP contribution in [0.25, 0.3) is 0 Å². The van der Waals surface area contributed by atoms with Gasteiger partial charge >= 0.3 is 0 Å². The molecule has 0 bridgehead atoms. The maximum Gasteiger partial charge on any atom is 0.271 e. The van der Waals surface area contributed by atoms with E-state index in [1.165, 1.54) is 5.56 Å². The predicted octanol–water partition coefficient (Wildman–Crippen LogP) is 2.57. The van der Waals surface area contributed by atoms with E-state index in [4.69, 9.17) is 0 Å². The molecule has 0 unspecified atom stereocenters. The number of nitrogens with one attached hydrogen (secondary N) is 1. The minimum atomic E-state index is -0.151. The average molecular weight is 367 g/mol. The number of anilines is 1. The zero-order valence-electron chi connectivity index (χ0n) is 16.3. The SMILES string of the molecule is CC(C)CCNC(=O)c1ccc(N2CCN(Cc3ccccc3)CC2)nn1. The van der Waals surface area contributed by atoms with Gasteiger partial charge in [0, 0.05) is 39.3 Å². The number of aromatic nitrogens is 2. The summed E-state index contributed by atoms with van der Waals surface area (Å²) in [7, 11) is 0. The minimum Gasteiger partial charge on any atom is -0.353 e. The van der Waals surface area contributed by atoms with Crippen LogP contribution in [0.15, 0.2) is 42.5 Å². The Balaban J connectivity index is 1.47. The molecule has 1 amide bonds. The van der Waals surface area contributed by atoms with Crippen molar-refractivity contribution >= 4 is 11.7 Å². The highest BCUT2D eigenvalue weighted by molar-refractivity contribution is 5.92. The monoisotopic (exact) mass is 367 g/mol. The number of amides is 1. The molecule has 2 aromatic rings. The van der Waals surface area contributed by atoms with E-state index >= 15 is 0 Å². The number of hydrogen-bond acceptors (Lipinski definition) is 5. The molecule has 6 heteroatoms. The summed E-state index contributed by atoms with van der Waals surface area (Å²) in [5.74, 6) is 1.26. The van der Waals surface area contributed by atoms with Gasteiger partial charge < -0.3 is 10.2 Å². The molecule has 3 rings (SSSR count). The third kappa shape index (κ3) is 5.76. The molecule has 0 aliphatic carbocycles. The summed E-state index contributed by atoms with van der Waals surface area (Å²) in [6.45, 7) is 9.75. The van der Waals surface area contributed by atoms with Crippen LogP contribution in [0, 0.1) is 5.92 Å². The van der Waals surface area contributed by atoms with Crippen LogP contribution < -0.4 is 10.2 Å². The average Bonchev–Trinajstić information content (AvgIpc) is 2.69. The van der Waals surface area contributed by atoms with Gasteiger partial charge in [-0.05, 0) is 30.0 Å². The molecule has 1 aromatic carbocycles. The highest BCUT2D eigenvalue weighted by Crippen LogP contribution is 2.14. The summed E-state index contributed by atoms with van der Waals surface area (Å²) in [5.41, 5.74) is 1.73. The zero-order valence-corrected chi connectivity index (χ0v) is 16.3. The van der Waals surface area contributed by atoms with E-state index in [-0.39, 0.29) is 5.91 Å². The van der Waals surface area contributed by atoms with Gasteiger partial charge in [0.15, 0.2) is 11.5 Å². The lowest BCUT2D eigenvalue weighted by molar-refractivity contribution is 0.0946. The van der Waals surface area contributed by atoms with Gasteiger partial charge in [0.2, 0.25) is 0 Å². The second-order valence-corrected chi connectivity index (χ2v) is 7.46. The van der Waals surface area contributed by atoms with Crippen molar-refractivity contribution in [3.8, 4) is 0 Å². The molecule has 144 valence electrons. The molecule has 1 aliphatic rings. The van der Waals surface area contributed by atoms with Gasteiger partial charge in [0.1, 0.15) is 0 Å². The predicted molar refractivity (Wildman–Crippen MR) is 108 cm³/mol. The van der Waals surface area contributed by atoms with Gasteiger partial charge in [-0.2, -0.15) is 0 Å². The Morgan fingerprint density at radius 3 is 2.41 bits per heavy atom. The van der Waals surface area contributed by atoms with Crippen molar-refractivity contribution in [1.29, 1.82) is 0 Å². The third-order valence-electron chi connectivity index (χ3n) is 4.84. The van der Waals surface area contributed by atoms with Crippen LogP contribution in [0.4, 0.5) is 5.82 Å². The molecule has 1 aromatic heterocycles. The van der Waals surface area contributed by atoms with E-state index in [2.05, 4.69) is 63.4 Å². The van der Waals surface area contributed by atoms with Gasteiger partial charge in [0.25, 0.3) is 5.91 Å². The molecule has 6 nitrogen and oxygen atoms in total. The summed E-state index contributed by atoms with van der Waals surface area (Å²) in [6.07, 6.45) is 0.963. The fraction of sp³-hybridized carbons (Fsp3) is 0.476. The molecule has 1 fully saturated rings. The fourth-order valence-electron chi connectivity index (χ4n) is 3.16. The topological polar surface area (TPSA) is 61.4 Å². The Kier molecular flexibility index (Phi) is 6.76. The maximum atomic E-state index is 12.1. The first-order valence-corrected chi connectivity index (χ1v) is 9.75. The highest BCUT2D eigenvalue weighted by Gasteiger charge is 2.19. The summed E-state index contributed by atoms with van der Waals surface area (Å²) < 4.78 is 0. The van der Waals surface area contributed by atoms with E-state index in [1.807, 2.05) is 12.1 Å². The standard InChI is InChI=1S/C21H29N5O/c1-17(2)10-11-22-21(27)19-8-9-20(24-23-19)26-14-12-25(13-15-26)16-18-6-4-3-5-7-18/h3-9,17H,10-16H2,1-2H3,(H,22,27). The maximum absolute atomic E-state index is 12.1. The molecule has 2 heterocycles. The van der Waals surface area contributed by atoms with Crippen molar-refractivity contribution in [3.63, 3.8) is 0 Å². The van der Waals surface area contributed by atoms with Gasteiger partial charge in [-0.15, -0.1) is 10.2 Å². The van der Waals surface area contributed by atoms with Crippen LogP contribution in [-0.2, 0) is 6.54 Å². The van der Waals surface area contributed by atoms with Crippen molar-refractivity contribution in [1.82, 2.24) is 20.4 Å². The van der Waals surface area contributed by atoms with Gasteiger partial charge in [-0.3, -0.25) is 9.69 Å². The van der Waals surface area contributed by atoms with Gasteiger partial charge in [0.05, 0.1) is 0 Å². The van der Waals surface area contributed by atoms with Crippen LogP contribution >= 0.6 is 0 Å². The van der Waals surface area contributed by atoms with E-state index in [0.717, 1.165) is 45.0 Å². The number of rotatable bonds is 7. The molecule has 1 saturated heterocycles. The molecule has 0 radical (unpaired) electrons. The van der Waals surface area contributed by atoms with Crippen molar-refractivity contribution < 1.29 is 4.79 Å². The summed E-state index contributed by atoms with van der Waals surface area (Å²) >= 11 is 0. The van der Waals surface area contributed by atoms with Crippen LogP contribution in [0.2, 0.25) is 0 Å². The van der Waals surface area contributed by atoms with Crippen molar-refractivity contribution in [2.24, 2.45) is 5.92 Å². The van der Waals surface area contributed by atoms with Crippen LogP contribution in [0.5, 0.6) is 0 Å². The number of carbonyl (C=O) groups excluding carboxylic acids is 1. The van der Waals surface area contributed by atoms with E-state index in [0.29, 0.717) is 18.2 Å². The third-order valence-corrected chi connectivity index (χ3v) is 4.84. The Labute approximate surface area is 161 Å². The number of piperazine rings is 1. The number of nitrogens with zero attached hydrogens (tertiary/aromatic N) is 4. The van der Waals surface area contributed by atoms with Crippen LogP contribution in [0.3, 0.4) is 0 Å². The Bertz CT molecular complexity index is 709. The number of carbonyl (C=O) groups is 1. The second-order valence-electron chi connectivity index (χ2n) is 7.46. The Morgan fingerprint density at radius 2 is 1.78 bits per heavy atom. The first-order chi connectivity index (χ1) is 13.1. The van der Waals surface area contributed by atoms with E-state index < -0.39 is 0 Å². The Morgan fingerprint density at radius 1 is 1.04 bits per heavy atom. The van der Waals surface area contributed by atoms with Crippen molar-refractivity contribution in [2.75, 3.05) is 37.6 Å². The molecular weight excluding hydrogens is 338 g/mol. The first kappa shape index (κ1) is 19.3. The van der Waals surface area contributed by atoms with E-state index in [9.17, 15) is 4.79 Å². The molecule has 0 atom stereocenters. The lowest BCUT2D eigenvalue weighted by Crippen LogP contribution is -2.46. The quantitative estimate of drug-likeness (QED) is 0.815. The second kappa shape index (κ2) is 9.46. The molecule has 0 saturated carbocycles. The number of hydrogen-bond donors (Lipinski definition) is 1. The van der Waals surface area contributed by atoms with Gasteiger partial charge in [-0.1, -0.05) is 44.2 Å². The summed E-state index contributed by atoms with van der Waals surface area (Å²) in [5, 5.41) is 11.3. The highest BCUT2D eigenvalue weighted by atomic mass is 16.1. The lowest BCUT2D eigenvalue weighted by atomic mass is 10.1. The summed E-state index contributed by atoms with van der Waals surface area (Å²) in [4.78, 5) is 16.8. The van der Waals surface area contributed by atoms with Crippen LogP contribution in [0.1, 0.15) is 36.3 Å². The van der Waals surface area contributed by atoms with E-state index in [1.54, 1.807) is 6.07 Å². The Hall–Kier alpha value is -2.47. The molecule has 1 N–H and O–H groups in total. The largest absolute Gasteiger partial charge is 0.353 e. The first-order valence-electron chi connectivity index (χ1n) is 9.75. The lowest BCUT2D eigenvalue weighted by Gasteiger charge is -2.35. The van der Waals surface area contributed by atoms with Crippen molar-refractivity contribution in [2.45, 2.75) is 26.8 Å².